The predicted octanol–water partition coefficient (Wildman–Crippen LogP) is 2.75. The van der Waals surface area contributed by atoms with E-state index < -0.39 is 0 Å². The van der Waals surface area contributed by atoms with Gasteiger partial charge in [-0.3, -0.25) is 4.79 Å². The Morgan fingerprint density at radius 3 is 2.67 bits per heavy atom. The molecule has 1 aliphatic rings. The molecule has 1 unspecified atom stereocenters. The molecule has 1 saturated heterocycles. The number of rotatable bonds is 4. The smallest absolute Gasteiger partial charge is 0.224 e. The lowest BCUT2D eigenvalue weighted by molar-refractivity contribution is -0.131. The number of nitrogens with one attached hydrogen (secondary N) is 1. The van der Waals surface area contributed by atoms with Gasteiger partial charge in [0.15, 0.2) is 0 Å². The second-order valence-electron chi connectivity index (χ2n) is 4.88. The molecule has 7 heteroatoms. The van der Waals surface area contributed by atoms with Gasteiger partial charge < -0.3 is 15.0 Å². The first-order valence-electron chi connectivity index (χ1n) is 6.56. The summed E-state index contributed by atoms with van der Waals surface area (Å²) in [6.07, 6.45) is 0.415. The fourth-order valence-electron chi connectivity index (χ4n) is 2.13. The van der Waals surface area contributed by atoms with E-state index in [1.54, 1.807) is 30.1 Å². The van der Waals surface area contributed by atoms with Crippen molar-refractivity contribution >= 4 is 41.5 Å². The molecule has 1 aromatic rings. The van der Waals surface area contributed by atoms with Gasteiger partial charge in [-0.05, 0) is 12.1 Å². The highest BCUT2D eigenvalue weighted by atomic mass is 35.5. The number of carbonyl (C=O) groups excluding carboxylic acids is 1. The van der Waals surface area contributed by atoms with Crippen molar-refractivity contribution in [1.82, 2.24) is 10.2 Å². The normalized spacial score (nSPS) is 18.0. The largest absolute Gasteiger partial charge is 0.378 e. The summed E-state index contributed by atoms with van der Waals surface area (Å²) in [7, 11) is 1.76. The van der Waals surface area contributed by atoms with E-state index in [-0.39, 0.29) is 24.4 Å². The molecule has 21 heavy (non-hydrogen) atoms. The van der Waals surface area contributed by atoms with Gasteiger partial charge in [0.2, 0.25) is 5.91 Å². The lowest BCUT2D eigenvalue weighted by Crippen LogP contribution is -2.44. The van der Waals surface area contributed by atoms with Crippen LogP contribution in [0.4, 0.5) is 0 Å². The van der Waals surface area contributed by atoms with Crippen molar-refractivity contribution in [2.75, 3.05) is 26.8 Å². The molecule has 1 aliphatic heterocycles. The maximum Gasteiger partial charge on any atom is 0.224 e. The van der Waals surface area contributed by atoms with E-state index in [0.717, 1.165) is 12.1 Å². The summed E-state index contributed by atoms with van der Waals surface area (Å²) in [5.41, 5.74) is 0.777. The maximum absolute atomic E-state index is 12.2. The molecule has 1 atom stereocenters. The zero-order chi connectivity index (χ0) is 14.5. The Morgan fingerprint density at radius 2 is 2.10 bits per heavy atom. The van der Waals surface area contributed by atoms with Crippen molar-refractivity contribution in [2.24, 2.45) is 0 Å². The van der Waals surface area contributed by atoms with E-state index in [1.165, 1.54) is 0 Å². The maximum atomic E-state index is 12.2. The Morgan fingerprint density at radius 1 is 1.43 bits per heavy atom. The number of carbonyl (C=O) groups is 1. The highest BCUT2D eigenvalue weighted by Crippen LogP contribution is 2.25. The lowest BCUT2D eigenvalue weighted by atomic mass is 10.1. The SMILES string of the molecule is CN(Cc1c(Cl)cccc1Cl)C(=O)CC1COCCN1.Cl. The Kier molecular flexibility index (Phi) is 7.77. The van der Waals surface area contributed by atoms with Crippen LogP contribution in [0.1, 0.15) is 12.0 Å². The van der Waals surface area contributed by atoms with Crippen LogP contribution in [0, 0.1) is 0 Å². The van der Waals surface area contributed by atoms with Crippen molar-refractivity contribution in [3.05, 3.63) is 33.8 Å². The monoisotopic (exact) mass is 352 g/mol. The molecular weight excluding hydrogens is 335 g/mol. The third-order valence-electron chi connectivity index (χ3n) is 3.30. The first kappa shape index (κ1) is 18.5. The van der Waals surface area contributed by atoms with Gasteiger partial charge in [-0.2, -0.15) is 0 Å². The van der Waals surface area contributed by atoms with Crippen LogP contribution in [0.2, 0.25) is 10.0 Å². The average Bonchev–Trinajstić information content (AvgIpc) is 2.44. The van der Waals surface area contributed by atoms with Gasteiger partial charge in [-0.15, -0.1) is 12.4 Å². The molecule has 1 heterocycles. The third-order valence-corrected chi connectivity index (χ3v) is 4.01. The molecular formula is C14H19Cl3N2O2. The quantitative estimate of drug-likeness (QED) is 0.905. The van der Waals surface area contributed by atoms with Gasteiger partial charge in [0.25, 0.3) is 0 Å². The number of morpholine rings is 1. The summed E-state index contributed by atoms with van der Waals surface area (Å²) in [4.78, 5) is 13.8. The summed E-state index contributed by atoms with van der Waals surface area (Å²) in [5, 5.41) is 4.43. The number of ether oxygens (including phenoxy) is 1. The van der Waals surface area contributed by atoms with Crippen molar-refractivity contribution in [3.8, 4) is 0 Å². The van der Waals surface area contributed by atoms with Crippen molar-refractivity contribution < 1.29 is 9.53 Å². The molecule has 1 N–H and O–H groups in total. The molecule has 1 amide bonds. The number of hydrogen-bond donors (Lipinski definition) is 1. The summed E-state index contributed by atoms with van der Waals surface area (Å²) in [5.74, 6) is 0.0454. The van der Waals surface area contributed by atoms with Gasteiger partial charge in [0.05, 0.1) is 13.2 Å². The van der Waals surface area contributed by atoms with Crippen LogP contribution in [0.5, 0.6) is 0 Å². The second-order valence-corrected chi connectivity index (χ2v) is 5.69. The highest BCUT2D eigenvalue weighted by molar-refractivity contribution is 6.36. The standard InChI is InChI=1S/C14H18Cl2N2O2.ClH/c1-18(8-11-12(15)3-2-4-13(11)16)14(19)7-10-9-20-6-5-17-10;/h2-4,10,17H,5-9H2,1H3;1H. The summed E-state index contributed by atoms with van der Waals surface area (Å²) in [6.45, 7) is 2.48. The van der Waals surface area contributed by atoms with E-state index >= 15 is 0 Å². The number of benzene rings is 1. The van der Waals surface area contributed by atoms with Gasteiger partial charge in [0, 0.05) is 48.2 Å². The number of nitrogens with zero attached hydrogens (tertiary/aromatic N) is 1. The van der Waals surface area contributed by atoms with Crippen LogP contribution in [-0.4, -0.2) is 43.7 Å². The van der Waals surface area contributed by atoms with Gasteiger partial charge >= 0.3 is 0 Å². The van der Waals surface area contributed by atoms with Gasteiger partial charge in [-0.25, -0.2) is 0 Å². The zero-order valence-corrected chi connectivity index (χ0v) is 14.1. The van der Waals surface area contributed by atoms with Crippen molar-refractivity contribution in [2.45, 2.75) is 19.0 Å². The molecule has 0 spiro atoms. The zero-order valence-electron chi connectivity index (χ0n) is 11.8. The van der Waals surface area contributed by atoms with Crippen LogP contribution in [0.3, 0.4) is 0 Å². The van der Waals surface area contributed by atoms with Crippen molar-refractivity contribution in [3.63, 3.8) is 0 Å². The number of amides is 1. The molecule has 0 aromatic heterocycles. The topological polar surface area (TPSA) is 41.6 Å². The second kappa shape index (κ2) is 8.81. The van der Waals surface area contributed by atoms with Crippen LogP contribution >= 0.6 is 35.6 Å². The number of halogens is 3. The van der Waals surface area contributed by atoms with Crippen molar-refractivity contribution in [1.29, 1.82) is 0 Å². The van der Waals surface area contributed by atoms with Crippen LogP contribution < -0.4 is 5.32 Å². The third kappa shape index (κ3) is 5.31. The van der Waals surface area contributed by atoms with E-state index in [1.807, 2.05) is 0 Å². The Labute approximate surface area is 141 Å². The van der Waals surface area contributed by atoms with E-state index in [4.69, 9.17) is 27.9 Å². The molecule has 118 valence electrons. The molecule has 4 nitrogen and oxygen atoms in total. The Balaban J connectivity index is 0.00000220. The molecule has 2 rings (SSSR count). The van der Waals surface area contributed by atoms with Gasteiger partial charge in [-0.1, -0.05) is 29.3 Å². The van der Waals surface area contributed by atoms with Crippen LogP contribution in [0.15, 0.2) is 18.2 Å². The number of hydrogen-bond acceptors (Lipinski definition) is 3. The molecule has 0 saturated carbocycles. The molecule has 1 aromatic carbocycles. The molecule has 0 bridgehead atoms. The van der Waals surface area contributed by atoms with Crippen LogP contribution in [-0.2, 0) is 16.1 Å². The first-order valence-corrected chi connectivity index (χ1v) is 7.31. The lowest BCUT2D eigenvalue weighted by Gasteiger charge is -2.26. The fourth-order valence-corrected chi connectivity index (χ4v) is 2.64. The van der Waals surface area contributed by atoms with E-state index in [9.17, 15) is 4.79 Å². The summed E-state index contributed by atoms with van der Waals surface area (Å²) < 4.78 is 5.34. The molecule has 0 radical (unpaired) electrons. The van der Waals surface area contributed by atoms with Gasteiger partial charge in [0.1, 0.15) is 0 Å². The minimum Gasteiger partial charge on any atom is -0.378 e. The summed E-state index contributed by atoms with van der Waals surface area (Å²) in [6, 6.07) is 5.43. The Bertz CT molecular complexity index is 459. The molecule has 1 fully saturated rings. The minimum absolute atomic E-state index is 0. The predicted molar refractivity (Wildman–Crippen MR) is 87.4 cm³/mol. The first-order chi connectivity index (χ1) is 9.58. The average molecular weight is 354 g/mol. The summed E-state index contributed by atoms with van der Waals surface area (Å²) >= 11 is 12.2. The van der Waals surface area contributed by atoms with Crippen LogP contribution in [0.25, 0.3) is 0 Å². The van der Waals surface area contributed by atoms with E-state index in [0.29, 0.717) is 36.2 Å². The fraction of sp³-hybridized carbons (Fsp3) is 0.500. The minimum atomic E-state index is 0. The highest BCUT2D eigenvalue weighted by Gasteiger charge is 2.20. The van der Waals surface area contributed by atoms with E-state index in [2.05, 4.69) is 5.32 Å². The molecule has 0 aliphatic carbocycles. The Hall–Kier alpha value is -0.520.